The topological polar surface area (TPSA) is 58.3 Å². The summed E-state index contributed by atoms with van der Waals surface area (Å²) in [4.78, 5) is 0. The van der Waals surface area contributed by atoms with E-state index >= 15 is 0 Å². The van der Waals surface area contributed by atoms with Gasteiger partial charge in [0, 0.05) is 6.20 Å². The molecule has 4 aliphatic carbocycles. The van der Waals surface area contributed by atoms with Crippen LogP contribution in [0.1, 0.15) is 97.0 Å². The van der Waals surface area contributed by atoms with Gasteiger partial charge in [0.15, 0.2) is 0 Å². The Bertz CT molecular complexity index is 900. The van der Waals surface area contributed by atoms with Gasteiger partial charge < -0.3 is 10.2 Å². The van der Waals surface area contributed by atoms with Gasteiger partial charge in [-0.2, -0.15) is 5.10 Å². The van der Waals surface area contributed by atoms with Crippen LogP contribution in [0.4, 0.5) is 0 Å². The highest BCUT2D eigenvalue weighted by Crippen LogP contribution is 2.66. The van der Waals surface area contributed by atoms with Gasteiger partial charge >= 0.3 is 0 Å². The Labute approximate surface area is 200 Å². The van der Waals surface area contributed by atoms with Crippen molar-refractivity contribution >= 4 is 0 Å². The molecule has 0 unspecified atom stereocenters. The van der Waals surface area contributed by atoms with Crippen LogP contribution in [0, 0.1) is 53.3 Å². The van der Waals surface area contributed by atoms with Crippen LogP contribution >= 0.6 is 0 Å². The minimum atomic E-state index is -0.785. The number of aromatic nitrogens is 2. The van der Waals surface area contributed by atoms with E-state index in [1.54, 1.807) is 6.20 Å². The number of terminal acetylenes is 1. The molecule has 0 aromatic carbocycles. The molecule has 4 saturated carbocycles. The lowest BCUT2D eigenvalue weighted by atomic mass is 9.48. The predicted octanol–water partition coefficient (Wildman–Crippen LogP) is 5.42. The fourth-order valence-corrected chi connectivity index (χ4v) is 9.64. The maximum atomic E-state index is 11.7. The lowest BCUT2D eigenvalue weighted by molar-refractivity contribution is -0.130. The predicted molar refractivity (Wildman–Crippen MR) is 131 cm³/mol. The first-order chi connectivity index (χ1) is 15.7. The van der Waals surface area contributed by atoms with Crippen molar-refractivity contribution < 1.29 is 10.2 Å². The van der Waals surface area contributed by atoms with E-state index in [0.717, 1.165) is 67.3 Å². The Balaban J connectivity index is 1.31. The molecule has 4 nitrogen and oxygen atoms in total. The molecule has 0 amide bonds. The highest BCUT2D eigenvalue weighted by Gasteiger charge is 2.60. The van der Waals surface area contributed by atoms with E-state index in [1.807, 2.05) is 17.8 Å². The molecule has 1 heterocycles. The molecule has 0 aliphatic heterocycles. The van der Waals surface area contributed by atoms with Gasteiger partial charge in [0.2, 0.25) is 0 Å². The van der Waals surface area contributed by atoms with Crippen molar-refractivity contribution in [3.05, 3.63) is 18.0 Å². The van der Waals surface area contributed by atoms with Crippen LogP contribution in [0.15, 0.2) is 12.4 Å². The van der Waals surface area contributed by atoms with Crippen molar-refractivity contribution in [2.24, 2.45) is 40.9 Å². The number of nitrogens with zero attached hydrogens (tertiary/aromatic N) is 2. The van der Waals surface area contributed by atoms with E-state index in [9.17, 15) is 10.2 Å². The van der Waals surface area contributed by atoms with Crippen LogP contribution in [-0.4, -0.2) is 31.2 Å². The van der Waals surface area contributed by atoms with Crippen LogP contribution in [0.3, 0.4) is 0 Å². The zero-order chi connectivity index (χ0) is 23.4. The molecule has 4 fully saturated rings. The smallest absolute Gasteiger partial charge is 0.0848 e. The third kappa shape index (κ3) is 3.98. The van der Waals surface area contributed by atoms with Crippen molar-refractivity contribution in [2.75, 3.05) is 0 Å². The molecule has 1 aromatic rings. The lowest BCUT2D eigenvalue weighted by Gasteiger charge is -2.58. The van der Waals surface area contributed by atoms with Gasteiger partial charge in [-0.15, -0.1) is 6.42 Å². The Morgan fingerprint density at radius 3 is 2.67 bits per heavy atom. The first-order valence-corrected chi connectivity index (χ1v) is 13.6. The normalized spacial score (nSPS) is 44.2. The van der Waals surface area contributed by atoms with Gasteiger partial charge in [0.05, 0.1) is 29.5 Å². The maximum absolute atomic E-state index is 11.7. The summed E-state index contributed by atoms with van der Waals surface area (Å²) in [5.74, 6) is 6.85. The van der Waals surface area contributed by atoms with E-state index < -0.39 is 11.2 Å². The molecular weight excluding hydrogens is 408 g/mol. The monoisotopic (exact) mass is 452 g/mol. The van der Waals surface area contributed by atoms with Gasteiger partial charge in [-0.05, 0) is 112 Å². The van der Waals surface area contributed by atoms with Crippen LogP contribution < -0.4 is 0 Å². The summed E-state index contributed by atoms with van der Waals surface area (Å²) in [6, 6.07) is 0. The summed E-state index contributed by atoms with van der Waals surface area (Å²) in [6.07, 6.45) is 22.0. The minimum absolute atomic E-state index is 0.206. The highest BCUT2D eigenvalue weighted by molar-refractivity contribution is 5.26. The molecular formula is C29H44N2O2. The fourth-order valence-electron chi connectivity index (χ4n) is 9.64. The van der Waals surface area contributed by atoms with Crippen LogP contribution in [-0.2, 0) is 6.54 Å². The second kappa shape index (κ2) is 8.42. The molecule has 0 bridgehead atoms. The summed E-state index contributed by atoms with van der Waals surface area (Å²) < 4.78 is 1.84. The van der Waals surface area contributed by atoms with Gasteiger partial charge in [0.25, 0.3) is 0 Å². The Hall–Kier alpha value is -1.31. The van der Waals surface area contributed by atoms with Gasteiger partial charge in [-0.3, -0.25) is 4.68 Å². The maximum Gasteiger partial charge on any atom is 0.0848 e. The molecule has 4 heteroatoms. The van der Waals surface area contributed by atoms with Crippen LogP contribution in [0.5, 0.6) is 0 Å². The summed E-state index contributed by atoms with van der Waals surface area (Å²) in [5, 5.41) is 27.2. The molecule has 0 saturated heterocycles. The van der Waals surface area contributed by atoms with Crippen molar-refractivity contribution in [1.29, 1.82) is 0 Å². The van der Waals surface area contributed by atoms with Crippen molar-refractivity contribution in [1.82, 2.24) is 9.78 Å². The molecule has 33 heavy (non-hydrogen) atoms. The summed E-state index contributed by atoms with van der Waals surface area (Å²) in [7, 11) is 0. The highest BCUT2D eigenvalue weighted by atomic mass is 16.3. The second-order valence-corrected chi connectivity index (χ2v) is 12.8. The van der Waals surface area contributed by atoms with E-state index in [0.29, 0.717) is 12.5 Å². The van der Waals surface area contributed by atoms with Crippen LogP contribution in [0.2, 0.25) is 0 Å². The molecule has 0 spiro atoms. The Morgan fingerprint density at radius 2 is 1.94 bits per heavy atom. The van der Waals surface area contributed by atoms with Gasteiger partial charge in [0.1, 0.15) is 0 Å². The zero-order valence-corrected chi connectivity index (χ0v) is 21.0. The van der Waals surface area contributed by atoms with Crippen molar-refractivity contribution in [2.45, 2.75) is 109 Å². The summed E-state index contributed by atoms with van der Waals surface area (Å²) in [5.41, 5.74) is -0.198. The Morgan fingerprint density at radius 1 is 1.15 bits per heavy atom. The quantitative estimate of drug-likeness (QED) is 0.587. The molecule has 9 atom stereocenters. The third-order valence-electron chi connectivity index (χ3n) is 10.9. The van der Waals surface area contributed by atoms with E-state index in [1.165, 1.54) is 38.5 Å². The molecule has 2 N–H and O–H groups in total. The second-order valence-electron chi connectivity index (χ2n) is 12.8. The standard InChI is InChI=1S/C29H44N2O2/c1-5-13-29(33)15-12-22-21(16-29)7-8-24-23(22)11-14-27(3)25(24)9-10-26(27)28(4,32)19-31-18-20(6-2)17-30-31/h2,17-18,21-26,32-33H,5,7-16,19H2,1,3-4H3/t21-,22+,23-,24-,25+,26+,27+,28+,29-/m1/s1. The van der Waals surface area contributed by atoms with E-state index in [4.69, 9.17) is 6.42 Å². The fraction of sp³-hybridized carbons (Fsp3) is 0.828. The SMILES string of the molecule is C#Cc1cnn(C[C@](C)(O)[C@H]2CC[C@H]3[C@@H]4CC[C@@H]5C[C@@](O)(CCC)CC[C@@H]5[C@H]4CC[C@@]32C)c1. The molecule has 4 aliphatic rings. The zero-order valence-electron chi connectivity index (χ0n) is 21.0. The number of hydrogen-bond donors (Lipinski definition) is 2. The third-order valence-corrected chi connectivity index (χ3v) is 10.9. The number of fused-ring (bicyclic) bond motifs is 5. The molecule has 5 rings (SSSR count). The molecule has 1 aromatic heterocycles. The minimum Gasteiger partial charge on any atom is -0.390 e. The largest absolute Gasteiger partial charge is 0.390 e. The van der Waals surface area contributed by atoms with Crippen LogP contribution in [0.25, 0.3) is 0 Å². The van der Waals surface area contributed by atoms with Gasteiger partial charge in [-0.1, -0.05) is 26.2 Å². The number of aliphatic hydroxyl groups is 2. The first-order valence-electron chi connectivity index (χ1n) is 13.6. The molecule has 0 radical (unpaired) electrons. The van der Waals surface area contributed by atoms with Crippen molar-refractivity contribution in [3.8, 4) is 12.3 Å². The van der Waals surface area contributed by atoms with E-state index in [2.05, 4.69) is 24.9 Å². The summed E-state index contributed by atoms with van der Waals surface area (Å²) in [6.45, 7) is 7.23. The lowest BCUT2D eigenvalue weighted by Crippen LogP contribution is -2.53. The first kappa shape index (κ1) is 23.4. The average molecular weight is 453 g/mol. The number of rotatable bonds is 5. The van der Waals surface area contributed by atoms with Crippen molar-refractivity contribution in [3.63, 3.8) is 0 Å². The Kier molecular flexibility index (Phi) is 5.98. The average Bonchev–Trinajstić information content (AvgIpc) is 3.36. The van der Waals surface area contributed by atoms with E-state index in [-0.39, 0.29) is 5.41 Å². The molecule has 182 valence electrons. The summed E-state index contributed by atoms with van der Waals surface area (Å²) >= 11 is 0. The number of hydrogen-bond acceptors (Lipinski definition) is 3. The van der Waals surface area contributed by atoms with Gasteiger partial charge in [-0.25, -0.2) is 0 Å².